The lowest BCUT2D eigenvalue weighted by atomic mass is 10.3. The molecule has 2 aromatic rings. The topological polar surface area (TPSA) is 98.3 Å². The van der Waals surface area contributed by atoms with E-state index in [4.69, 9.17) is 4.42 Å². The summed E-state index contributed by atoms with van der Waals surface area (Å²) in [5, 5.41) is 13.0. The number of nitrogens with zero attached hydrogens (tertiary/aromatic N) is 2. The molecule has 1 N–H and O–H groups in total. The number of oxazole rings is 1. The molecule has 0 aliphatic carbocycles. The van der Waals surface area contributed by atoms with Crippen molar-refractivity contribution in [2.75, 3.05) is 5.32 Å². The second kappa shape index (κ2) is 4.44. The molecule has 17 heavy (non-hydrogen) atoms. The van der Waals surface area contributed by atoms with Crippen LogP contribution in [0.5, 0.6) is 0 Å². The Labute approximate surface area is 95.2 Å². The van der Waals surface area contributed by atoms with Gasteiger partial charge in [0.1, 0.15) is 0 Å². The molecule has 1 aromatic carbocycles. The van der Waals surface area contributed by atoms with Gasteiger partial charge in [-0.1, -0.05) is 6.07 Å². The van der Waals surface area contributed by atoms with Crippen molar-refractivity contribution in [1.29, 1.82) is 0 Å². The van der Waals surface area contributed by atoms with Crippen LogP contribution in [0.25, 0.3) is 0 Å². The predicted molar refractivity (Wildman–Crippen MR) is 57.6 cm³/mol. The van der Waals surface area contributed by atoms with Crippen molar-refractivity contribution in [3.05, 3.63) is 52.7 Å². The molecule has 0 bridgehead atoms. The van der Waals surface area contributed by atoms with Crippen LogP contribution in [-0.4, -0.2) is 15.8 Å². The molecule has 2 rings (SSSR count). The van der Waals surface area contributed by atoms with E-state index in [0.29, 0.717) is 5.69 Å². The number of non-ortho nitro benzene ring substituents is 1. The summed E-state index contributed by atoms with van der Waals surface area (Å²) in [6.45, 7) is 0. The van der Waals surface area contributed by atoms with Crippen LogP contribution < -0.4 is 5.32 Å². The van der Waals surface area contributed by atoms with Gasteiger partial charge in [-0.25, -0.2) is 4.98 Å². The van der Waals surface area contributed by atoms with Crippen LogP contribution in [0, 0.1) is 10.1 Å². The van der Waals surface area contributed by atoms with Crippen LogP contribution in [-0.2, 0) is 0 Å². The fraction of sp³-hybridized carbons (Fsp3) is 0. The molecule has 0 fully saturated rings. The molecule has 0 radical (unpaired) electrons. The maximum atomic E-state index is 11.5. The average Bonchev–Trinajstić information content (AvgIpc) is 2.82. The molecule has 1 aromatic heterocycles. The highest BCUT2D eigenvalue weighted by Crippen LogP contribution is 2.17. The molecule has 1 heterocycles. The summed E-state index contributed by atoms with van der Waals surface area (Å²) in [6, 6.07) is 5.62. The molecule has 0 spiro atoms. The van der Waals surface area contributed by atoms with Crippen LogP contribution >= 0.6 is 0 Å². The fourth-order valence-electron chi connectivity index (χ4n) is 1.22. The minimum absolute atomic E-state index is 0.0384. The Hall–Kier alpha value is -2.70. The Balaban J connectivity index is 2.16. The number of rotatable bonds is 3. The van der Waals surface area contributed by atoms with Crippen molar-refractivity contribution in [3.63, 3.8) is 0 Å². The van der Waals surface area contributed by atoms with Gasteiger partial charge in [0, 0.05) is 17.8 Å². The average molecular weight is 233 g/mol. The minimum atomic E-state index is -0.538. The number of hydrogen-bond donors (Lipinski definition) is 1. The lowest BCUT2D eigenvalue weighted by molar-refractivity contribution is -0.384. The highest BCUT2D eigenvalue weighted by molar-refractivity contribution is 6.02. The first-order chi connectivity index (χ1) is 8.16. The third-order valence-electron chi connectivity index (χ3n) is 1.97. The van der Waals surface area contributed by atoms with E-state index in [1.807, 2.05) is 0 Å². The molecule has 0 aliphatic heterocycles. The van der Waals surface area contributed by atoms with E-state index in [-0.39, 0.29) is 11.4 Å². The number of hydrogen-bond acceptors (Lipinski definition) is 5. The normalized spacial score (nSPS) is 9.88. The van der Waals surface area contributed by atoms with E-state index in [1.54, 1.807) is 6.07 Å². The first-order valence-electron chi connectivity index (χ1n) is 4.61. The van der Waals surface area contributed by atoms with Crippen LogP contribution in [0.1, 0.15) is 10.6 Å². The summed E-state index contributed by atoms with van der Waals surface area (Å²) in [7, 11) is 0. The maximum Gasteiger partial charge on any atom is 0.293 e. The van der Waals surface area contributed by atoms with E-state index in [9.17, 15) is 14.9 Å². The van der Waals surface area contributed by atoms with E-state index >= 15 is 0 Å². The van der Waals surface area contributed by atoms with Crippen molar-refractivity contribution in [3.8, 4) is 0 Å². The Morgan fingerprint density at radius 1 is 1.47 bits per heavy atom. The van der Waals surface area contributed by atoms with Gasteiger partial charge >= 0.3 is 0 Å². The van der Waals surface area contributed by atoms with Gasteiger partial charge in [-0.3, -0.25) is 14.9 Å². The van der Waals surface area contributed by atoms with E-state index < -0.39 is 10.8 Å². The highest BCUT2D eigenvalue weighted by Gasteiger charge is 2.11. The SMILES string of the molecule is O=C(Nc1cccc([N+](=O)[O-])c1)c1cnco1. The van der Waals surface area contributed by atoms with E-state index in [2.05, 4.69) is 10.3 Å². The highest BCUT2D eigenvalue weighted by atomic mass is 16.6. The van der Waals surface area contributed by atoms with Crippen molar-refractivity contribution < 1.29 is 14.1 Å². The third-order valence-corrected chi connectivity index (χ3v) is 1.97. The third kappa shape index (κ3) is 2.46. The van der Waals surface area contributed by atoms with Gasteiger partial charge in [-0.15, -0.1) is 0 Å². The zero-order chi connectivity index (χ0) is 12.3. The summed E-state index contributed by atoms with van der Waals surface area (Å²) >= 11 is 0. The summed E-state index contributed by atoms with van der Waals surface area (Å²) in [5.41, 5.74) is 0.223. The maximum absolute atomic E-state index is 11.5. The number of amides is 1. The first kappa shape index (κ1) is 10.8. The number of nitro groups is 1. The lowest BCUT2D eigenvalue weighted by Crippen LogP contribution is -2.10. The Kier molecular flexibility index (Phi) is 2.82. The number of nitrogens with one attached hydrogen (secondary N) is 1. The van der Waals surface area contributed by atoms with Crippen molar-refractivity contribution in [2.24, 2.45) is 0 Å². The largest absolute Gasteiger partial charge is 0.438 e. The van der Waals surface area contributed by atoms with Crippen molar-refractivity contribution >= 4 is 17.3 Å². The van der Waals surface area contributed by atoms with E-state index in [1.165, 1.54) is 24.4 Å². The quantitative estimate of drug-likeness (QED) is 0.644. The van der Waals surface area contributed by atoms with Crippen LogP contribution in [0.2, 0.25) is 0 Å². The standard InChI is InChI=1S/C10H7N3O4/c14-10(9-5-11-6-17-9)12-7-2-1-3-8(4-7)13(15)16/h1-6H,(H,12,14). The van der Waals surface area contributed by atoms with Gasteiger partial charge in [0.2, 0.25) is 5.76 Å². The van der Waals surface area contributed by atoms with Gasteiger partial charge in [-0.2, -0.15) is 0 Å². The zero-order valence-corrected chi connectivity index (χ0v) is 8.49. The second-order valence-electron chi connectivity index (χ2n) is 3.13. The smallest absolute Gasteiger partial charge is 0.293 e. The molecule has 0 saturated heterocycles. The monoisotopic (exact) mass is 233 g/mol. The summed E-state index contributed by atoms with van der Waals surface area (Å²) < 4.78 is 4.79. The molecule has 86 valence electrons. The van der Waals surface area contributed by atoms with Crippen molar-refractivity contribution in [1.82, 2.24) is 4.98 Å². The number of nitro benzene ring substituents is 1. The number of benzene rings is 1. The number of aromatic nitrogens is 1. The second-order valence-corrected chi connectivity index (χ2v) is 3.13. The summed E-state index contributed by atoms with van der Waals surface area (Å²) in [4.78, 5) is 25.1. The van der Waals surface area contributed by atoms with Gasteiger partial charge in [0.05, 0.1) is 11.1 Å². The molecular formula is C10H7N3O4. The summed E-state index contributed by atoms with van der Waals surface area (Å²) in [5.74, 6) is -0.473. The number of anilines is 1. The zero-order valence-electron chi connectivity index (χ0n) is 8.49. The molecule has 0 aliphatic rings. The number of carbonyl (C=O) groups is 1. The lowest BCUT2D eigenvalue weighted by Gasteiger charge is -2.01. The van der Waals surface area contributed by atoms with Crippen LogP contribution in [0.15, 0.2) is 41.3 Å². The first-order valence-corrected chi connectivity index (χ1v) is 4.61. The molecule has 7 heteroatoms. The molecule has 0 atom stereocenters. The number of carbonyl (C=O) groups excluding carboxylic acids is 1. The Morgan fingerprint density at radius 3 is 2.94 bits per heavy atom. The predicted octanol–water partition coefficient (Wildman–Crippen LogP) is 1.84. The van der Waals surface area contributed by atoms with Crippen LogP contribution in [0.4, 0.5) is 11.4 Å². The summed E-state index contributed by atoms with van der Waals surface area (Å²) in [6.07, 6.45) is 2.38. The molecular weight excluding hydrogens is 226 g/mol. The molecule has 0 unspecified atom stereocenters. The van der Waals surface area contributed by atoms with Gasteiger partial charge in [0.15, 0.2) is 6.39 Å². The van der Waals surface area contributed by atoms with Gasteiger partial charge < -0.3 is 9.73 Å². The fourth-order valence-corrected chi connectivity index (χ4v) is 1.22. The Morgan fingerprint density at radius 2 is 2.29 bits per heavy atom. The van der Waals surface area contributed by atoms with Crippen molar-refractivity contribution in [2.45, 2.75) is 0 Å². The van der Waals surface area contributed by atoms with Gasteiger partial charge in [0.25, 0.3) is 11.6 Å². The molecule has 7 nitrogen and oxygen atoms in total. The Bertz CT molecular complexity index is 550. The molecule has 1 amide bonds. The van der Waals surface area contributed by atoms with E-state index in [0.717, 1.165) is 6.39 Å². The van der Waals surface area contributed by atoms with Crippen LogP contribution in [0.3, 0.4) is 0 Å². The molecule has 0 saturated carbocycles. The minimum Gasteiger partial charge on any atom is -0.438 e. The van der Waals surface area contributed by atoms with Gasteiger partial charge in [-0.05, 0) is 6.07 Å².